The molecule has 3 aromatic carbocycles. The molecule has 0 spiro atoms. The zero-order chi connectivity index (χ0) is 31.0. The molecule has 0 heterocycles. The number of hydrogen-bond acceptors (Lipinski definition) is 7. The highest BCUT2D eigenvalue weighted by Gasteiger charge is 2.71. The fraction of sp³-hybridized carbons (Fsp3) is 0.419. The maximum Gasteiger partial charge on any atom is 0.374 e. The van der Waals surface area contributed by atoms with Crippen molar-refractivity contribution in [2.24, 2.45) is 0 Å². The maximum atomic E-state index is 7.08. The van der Waals surface area contributed by atoms with Crippen molar-refractivity contribution >= 4 is 49.6 Å². The van der Waals surface area contributed by atoms with Crippen molar-refractivity contribution in [3.05, 3.63) is 91.0 Å². The molecule has 3 aromatic rings. The summed E-state index contributed by atoms with van der Waals surface area (Å²) in [6, 6.07) is 30.8. The molecule has 3 unspecified atom stereocenters. The number of rotatable bonds is 16. The Balaban J connectivity index is 2.46. The highest BCUT2D eigenvalue weighted by molar-refractivity contribution is 7.11. The van der Waals surface area contributed by atoms with Crippen molar-refractivity contribution in [3.63, 3.8) is 0 Å². The number of benzene rings is 3. The van der Waals surface area contributed by atoms with E-state index in [4.69, 9.17) is 31.0 Å². The van der Waals surface area contributed by atoms with Gasteiger partial charge in [-0.2, -0.15) is 0 Å². The van der Waals surface area contributed by atoms with Crippen LogP contribution in [0.5, 0.6) is 0 Å². The Morgan fingerprint density at radius 2 is 0.571 bits per heavy atom. The zero-order valence-corrected chi connectivity index (χ0v) is 30.8. The van der Waals surface area contributed by atoms with E-state index in [9.17, 15) is 0 Å². The first kappa shape index (κ1) is 34.7. The van der Waals surface area contributed by atoms with Gasteiger partial charge in [0, 0.05) is 65.3 Å². The van der Waals surface area contributed by atoms with Crippen LogP contribution in [0.15, 0.2) is 91.0 Å². The van der Waals surface area contributed by atoms with Crippen molar-refractivity contribution in [1.29, 1.82) is 0 Å². The molecule has 7 nitrogen and oxygen atoms in total. The highest BCUT2D eigenvalue weighted by atomic mass is 28.5. The molecule has 0 aliphatic rings. The van der Waals surface area contributed by atoms with Gasteiger partial charge in [0.2, 0.25) is 8.32 Å². The van der Waals surface area contributed by atoms with Gasteiger partial charge in [0.25, 0.3) is 0 Å². The van der Waals surface area contributed by atoms with Crippen molar-refractivity contribution in [1.82, 2.24) is 0 Å². The van der Waals surface area contributed by atoms with Crippen LogP contribution in [0, 0.1) is 0 Å². The smallest absolute Gasteiger partial charge is 0.374 e. The molecule has 42 heavy (non-hydrogen) atoms. The fourth-order valence-electron chi connectivity index (χ4n) is 7.33. The Morgan fingerprint density at radius 1 is 0.357 bits per heavy atom. The summed E-state index contributed by atoms with van der Waals surface area (Å²) >= 11 is 0. The minimum atomic E-state index is -3.22. The van der Waals surface area contributed by atoms with Gasteiger partial charge < -0.3 is 31.0 Å². The van der Waals surface area contributed by atoms with E-state index in [2.05, 4.69) is 57.2 Å². The minimum absolute atomic E-state index is 0.154. The van der Waals surface area contributed by atoms with Gasteiger partial charge in [0.1, 0.15) is 0 Å². The Morgan fingerprint density at radius 3 is 0.738 bits per heavy atom. The predicted molar refractivity (Wildman–Crippen MR) is 179 cm³/mol. The van der Waals surface area contributed by atoms with E-state index in [-0.39, 0.29) is 15.5 Å². The summed E-state index contributed by atoms with van der Waals surface area (Å²) in [4.78, 5) is 0. The highest BCUT2D eigenvalue weighted by Crippen LogP contribution is 2.53. The van der Waals surface area contributed by atoms with E-state index in [0.717, 1.165) is 15.6 Å². The monoisotopic (exact) mass is 644 g/mol. The zero-order valence-electron chi connectivity index (χ0n) is 26.8. The summed E-state index contributed by atoms with van der Waals surface area (Å²) in [7, 11) is -0.327. The van der Waals surface area contributed by atoms with E-state index in [1.54, 1.807) is 42.7 Å². The summed E-state index contributed by atoms with van der Waals surface area (Å²) in [5, 5.41) is 2.66. The molecular weight excluding hydrogens is 597 g/mol. The van der Waals surface area contributed by atoms with Gasteiger partial charge in [-0.1, -0.05) is 112 Å². The standard InChI is InChI=1S/C31H48O7Si4/c1-26(40(33-5,34-6)29-20-14-11-15-21-29)39(32-4,27(2)41(35-7,36-8)30-22-16-12-17-23-30)28(3)42(37-9,38-10)31-24-18-13-19-25-31/h11-28H,1-10H3. The molecule has 3 atom stereocenters. The van der Waals surface area contributed by atoms with Gasteiger partial charge in [-0.05, 0) is 15.6 Å². The second-order valence-electron chi connectivity index (χ2n) is 10.5. The van der Waals surface area contributed by atoms with Crippen molar-refractivity contribution < 1.29 is 31.0 Å². The van der Waals surface area contributed by atoms with Crippen LogP contribution in [0.2, 0.25) is 15.5 Å². The maximum absolute atomic E-state index is 7.08. The molecule has 0 aliphatic carbocycles. The van der Waals surface area contributed by atoms with Crippen LogP contribution < -0.4 is 15.6 Å². The van der Waals surface area contributed by atoms with E-state index < -0.39 is 34.0 Å². The molecule has 3 rings (SSSR count). The van der Waals surface area contributed by atoms with Crippen LogP contribution in [0.3, 0.4) is 0 Å². The van der Waals surface area contributed by atoms with E-state index in [1.807, 2.05) is 61.7 Å². The first-order valence-electron chi connectivity index (χ1n) is 14.2. The molecule has 230 valence electrons. The van der Waals surface area contributed by atoms with Gasteiger partial charge in [0.15, 0.2) is 0 Å². The Kier molecular flexibility index (Phi) is 12.3. The molecule has 0 aliphatic heterocycles. The quantitative estimate of drug-likeness (QED) is 0.216. The van der Waals surface area contributed by atoms with Crippen LogP contribution in [-0.4, -0.2) is 83.8 Å². The molecule has 0 bridgehead atoms. The van der Waals surface area contributed by atoms with Crippen LogP contribution >= 0.6 is 0 Å². The minimum Gasteiger partial charge on any atom is -0.419 e. The van der Waals surface area contributed by atoms with Gasteiger partial charge >= 0.3 is 25.7 Å². The van der Waals surface area contributed by atoms with Gasteiger partial charge in [0.05, 0.1) is 0 Å². The van der Waals surface area contributed by atoms with E-state index >= 15 is 0 Å². The summed E-state index contributed by atoms with van der Waals surface area (Å²) < 4.78 is 46.4. The van der Waals surface area contributed by atoms with E-state index in [1.165, 1.54) is 0 Å². The van der Waals surface area contributed by atoms with Gasteiger partial charge in [-0.15, -0.1) is 0 Å². The van der Waals surface area contributed by atoms with Gasteiger partial charge in [-0.3, -0.25) is 0 Å². The van der Waals surface area contributed by atoms with Crippen LogP contribution in [0.4, 0.5) is 0 Å². The van der Waals surface area contributed by atoms with Crippen LogP contribution in [0.1, 0.15) is 20.8 Å². The van der Waals surface area contributed by atoms with Gasteiger partial charge in [-0.25, -0.2) is 0 Å². The third kappa shape index (κ3) is 5.61. The second kappa shape index (κ2) is 14.8. The van der Waals surface area contributed by atoms with Crippen LogP contribution in [-0.2, 0) is 31.0 Å². The summed E-state index contributed by atoms with van der Waals surface area (Å²) in [6.07, 6.45) is 0. The normalized spacial score (nSPS) is 16.4. The molecule has 0 saturated heterocycles. The average molecular weight is 645 g/mol. The number of hydrogen-bond donors (Lipinski definition) is 0. The summed E-state index contributed by atoms with van der Waals surface area (Å²) in [5.41, 5.74) is 0. The Labute approximate surface area is 256 Å². The molecule has 0 fully saturated rings. The third-order valence-electron chi connectivity index (χ3n) is 9.44. The molecule has 0 saturated carbocycles. The SMILES string of the molecule is CO[Si](OC)(c1ccccc1)C(C)[Si](OC)(C(C)[Si](OC)(OC)c1ccccc1)C(C)[Si](OC)(OC)c1ccccc1. The fourth-order valence-corrected chi connectivity index (χ4v) is 36.0. The lowest BCUT2D eigenvalue weighted by atomic mass is 10.4. The predicted octanol–water partition coefficient (Wildman–Crippen LogP) is 4.29. The first-order chi connectivity index (χ1) is 20.2. The topological polar surface area (TPSA) is 64.6 Å². The third-order valence-corrected chi connectivity index (χ3v) is 32.2. The first-order valence-corrected chi connectivity index (χ1v) is 22.1. The molecule has 11 heteroatoms. The summed E-state index contributed by atoms with van der Waals surface area (Å²) in [6.45, 7) is 6.71. The lowest BCUT2D eigenvalue weighted by molar-refractivity contribution is 0.230. The summed E-state index contributed by atoms with van der Waals surface area (Å²) in [5.74, 6) is 0. The second-order valence-corrected chi connectivity index (χ2v) is 27.8. The van der Waals surface area contributed by atoms with Crippen molar-refractivity contribution in [2.75, 3.05) is 49.8 Å². The Hall–Kier alpha value is -1.75. The van der Waals surface area contributed by atoms with Crippen LogP contribution in [0.25, 0.3) is 0 Å². The lowest BCUT2D eigenvalue weighted by Crippen LogP contribution is -2.76. The molecule has 0 amide bonds. The molecular formula is C31H48O7Si4. The largest absolute Gasteiger partial charge is 0.419 e. The Bertz CT molecular complexity index is 1060. The molecule has 0 aromatic heterocycles. The van der Waals surface area contributed by atoms with E-state index in [0.29, 0.717) is 0 Å². The van der Waals surface area contributed by atoms with Crippen molar-refractivity contribution in [2.45, 2.75) is 36.3 Å². The molecule has 0 radical (unpaired) electrons. The van der Waals surface area contributed by atoms with Crippen molar-refractivity contribution in [3.8, 4) is 0 Å². The average Bonchev–Trinajstić information content (AvgIpc) is 3.06. The lowest BCUT2D eigenvalue weighted by Gasteiger charge is -2.54. The molecule has 0 N–H and O–H groups in total.